The van der Waals surface area contributed by atoms with E-state index in [-0.39, 0.29) is 29.7 Å². The maximum Gasteiger partial charge on any atom is 0.457 e. The molecule has 42 heavy (non-hydrogen) atoms. The summed E-state index contributed by atoms with van der Waals surface area (Å²) in [6.45, 7) is 18.0. The van der Waals surface area contributed by atoms with Gasteiger partial charge in [-0.2, -0.15) is 4.31 Å². The van der Waals surface area contributed by atoms with Gasteiger partial charge in [-0.05, 0) is 111 Å². The van der Waals surface area contributed by atoms with Crippen molar-refractivity contribution in [1.29, 1.82) is 0 Å². The van der Waals surface area contributed by atoms with Crippen LogP contribution in [-0.4, -0.2) is 67.0 Å². The number of nitrogens with zero attached hydrogens (tertiary/aromatic N) is 1. The quantitative estimate of drug-likeness (QED) is 0.425. The molecule has 2 N–H and O–H groups in total. The van der Waals surface area contributed by atoms with Crippen molar-refractivity contribution < 1.29 is 27.3 Å². The molecule has 2 aliphatic heterocycles. The Morgan fingerprint density at radius 2 is 1.67 bits per heavy atom. The highest BCUT2D eigenvalue weighted by molar-refractivity contribution is 7.89. The molecule has 2 heterocycles. The number of hydrogen-bond donors (Lipinski definition) is 2. The molecule has 2 amide bonds. The van der Waals surface area contributed by atoms with Gasteiger partial charge >= 0.3 is 7.12 Å². The third-order valence-corrected chi connectivity index (χ3v) is 11.5. The zero-order chi connectivity index (χ0) is 31.4. The average Bonchev–Trinajstić information content (AvgIpc) is 3.45. The summed E-state index contributed by atoms with van der Waals surface area (Å²) < 4.78 is 41.2. The Bertz CT molecular complexity index is 1280. The van der Waals surface area contributed by atoms with Gasteiger partial charge in [0.2, 0.25) is 21.8 Å². The summed E-state index contributed by atoms with van der Waals surface area (Å²) in [5, 5.41) is 6.23. The third kappa shape index (κ3) is 6.59. The first kappa shape index (κ1) is 33.0. The molecule has 1 aromatic rings. The van der Waals surface area contributed by atoms with E-state index in [0.717, 1.165) is 12.0 Å². The molecule has 3 unspecified atom stereocenters. The standard InChI is InChI=1S/C31H50BN3O6S/c1-22-12-14-25(15-13-22)42(38,39)35-18-16-30(21-35)19-24(11-10-17-32-40-28(6,7)29(8,9)41-32)31(20-30,33-23(2)36)26(37)34-27(3,4)5/h12-15,24H,10-11,16-21H2,1-9H3,(H,33,36)(H,34,37). The van der Waals surface area contributed by atoms with Crippen LogP contribution in [0.1, 0.15) is 93.1 Å². The Balaban J connectivity index is 1.59. The van der Waals surface area contributed by atoms with Crippen LogP contribution in [-0.2, 0) is 28.9 Å². The van der Waals surface area contributed by atoms with Gasteiger partial charge in [-0.25, -0.2) is 8.42 Å². The van der Waals surface area contributed by atoms with E-state index >= 15 is 0 Å². The van der Waals surface area contributed by atoms with Crippen LogP contribution in [0.4, 0.5) is 0 Å². The highest BCUT2D eigenvalue weighted by Crippen LogP contribution is 2.55. The molecule has 2 saturated heterocycles. The van der Waals surface area contributed by atoms with Gasteiger partial charge in [0.15, 0.2) is 0 Å². The molecular formula is C31H50BN3O6S. The fourth-order valence-corrected chi connectivity index (χ4v) is 8.53. The van der Waals surface area contributed by atoms with Crippen molar-refractivity contribution >= 4 is 29.0 Å². The zero-order valence-corrected chi connectivity index (χ0v) is 27.7. The first-order valence-electron chi connectivity index (χ1n) is 15.2. The number of nitrogens with one attached hydrogen (secondary N) is 2. The molecule has 1 aliphatic carbocycles. The van der Waals surface area contributed by atoms with Crippen LogP contribution in [0.15, 0.2) is 29.2 Å². The minimum Gasteiger partial charge on any atom is -0.403 e. The van der Waals surface area contributed by atoms with E-state index in [4.69, 9.17) is 9.31 Å². The van der Waals surface area contributed by atoms with Crippen molar-refractivity contribution in [3.8, 4) is 0 Å². The van der Waals surface area contributed by atoms with Crippen LogP contribution in [0, 0.1) is 18.3 Å². The molecule has 1 spiro atoms. The molecule has 1 aromatic carbocycles. The Labute approximate surface area is 253 Å². The van der Waals surface area contributed by atoms with Crippen molar-refractivity contribution in [3.63, 3.8) is 0 Å². The first-order chi connectivity index (χ1) is 19.2. The van der Waals surface area contributed by atoms with E-state index < -0.39 is 37.7 Å². The summed E-state index contributed by atoms with van der Waals surface area (Å²) in [5.74, 6) is -0.648. The predicted octanol–water partition coefficient (Wildman–Crippen LogP) is 4.45. The number of aryl methyl sites for hydroxylation is 1. The van der Waals surface area contributed by atoms with Crippen molar-refractivity contribution in [2.75, 3.05) is 13.1 Å². The highest BCUT2D eigenvalue weighted by Gasteiger charge is 2.61. The lowest BCUT2D eigenvalue weighted by Crippen LogP contribution is -2.63. The molecule has 3 aliphatic rings. The molecule has 3 atom stereocenters. The molecule has 0 radical (unpaired) electrons. The SMILES string of the molecule is CC(=O)NC1(C(=O)NC(C)(C)C)CC2(CCN(S(=O)(=O)c3ccc(C)cc3)C2)CC1CCCB1OC(C)(C)C(C)(C)O1. The fraction of sp³-hybridized carbons (Fsp3) is 0.742. The minimum absolute atomic E-state index is 0.173. The molecule has 1 saturated carbocycles. The van der Waals surface area contributed by atoms with Crippen molar-refractivity contribution in [3.05, 3.63) is 29.8 Å². The van der Waals surface area contributed by atoms with Crippen molar-refractivity contribution in [2.24, 2.45) is 11.3 Å². The summed E-state index contributed by atoms with van der Waals surface area (Å²) >= 11 is 0. The van der Waals surface area contributed by atoms with Gasteiger partial charge < -0.3 is 19.9 Å². The predicted molar refractivity (Wildman–Crippen MR) is 164 cm³/mol. The van der Waals surface area contributed by atoms with Gasteiger partial charge in [0.25, 0.3) is 0 Å². The molecule has 0 aromatic heterocycles. The van der Waals surface area contributed by atoms with Crippen LogP contribution in [0.2, 0.25) is 6.32 Å². The third-order valence-electron chi connectivity index (χ3n) is 9.68. The second-order valence-electron chi connectivity index (χ2n) is 15.0. The normalized spacial score (nSPS) is 29.3. The van der Waals surface area contributed by atoms with Gasteiger partial charge in [-0.15, -0.1) is 0 Å². The Morgan fingerprint density at radius 3 is 2.21 bits per heavy atom. The fourth-order valence-electron chi connectivity index (χ4n) is 6.97. The Hall–Kier alpha value is -1.95. The molecule has 0 bridgehead atoms. The molecule has 234 valence electrons. The Morgan fingerprint density at radius 1 is 1.07 bits per heavy atom. The zero-order valence-electron chi connectivity index (χ0n) is 26.9. The first-order valence-corrected chi connectivity index (χ1v) is 16.7. The second-order valence-corrected chi connectivity index (χ2v) is 16.9. The van der Waals surface area contributed by atoms with E-state index in [1.54, 1.807) is 16.4 Å². The molecule has 11 heteroatoms. The van der Waals surface area contributed by atoms with Crippen LogP contribution in [0.3, 0.4) is 0 Å². The topological polar surface area (TPSA) is 114 Å². The van der Waals surface area contributed by atoms with Gasteiger partial charge in [0.1, 0.15) is 5.54 Å². The number of rotatable bonds is 8. The van der Waals surface area contributed by atoms with Crippen molar-refractivity contribution in [2.45, 2.75) is 128 Å². The van der Waals surface area contributed by atoms with E-state index in [0.29, 0.717) is 45.1 Å². The second kappa shape index (κ2) is 11.2. The minimum atomic E-state index is -3.68. The average molecular weight is 604 g/mol. The van der Waals surface area contributed by atoms with Gasteiger partial charge in [-0.3, -0.25) is 9.59 Å². The number of sulfonamides is 1. The number of benzene rings is 1. The number of amides is 2. The lowest BCUT2D eigenvalue weighted by atomic mass is 9.77. The van der Waals surface area contributed by atoms with E-state index in [1.165, 1.54) is 6.92 Å². The monoisotopic (exact) mass is 603 g/mol. The van der Waals surface area contributed by atoms with Crippen molar-refractivity contribution in [1.82, 2.24) is 14.9 Å². The summed E-state index contributed by atoms with van der Waals surface area (Å²) in [6.07, 6.45) is 3.76. The lowest BCUT2D eigenvalue weighted by molar-refractivity contribution is -0.136. The maximum atomic E-state index is 14.1. The summed E-state index contributed by atoms with van der Waals surface area (Å²) in [4.78, 5) is 27.0. The largest absolute Gasteiger partial charge is 0.457 e. The van der Waals surface area contributed by atoms with Crippen LogP contribution < -0.4 is 10.6 Å². The van der Waals surface area contributed by atoms with E-state index in [2.05, 4.69) is 10.6 Å². The number of carbonyl (C=O) groups excluding carboxylic acids is 2. The maximum absolute atomic E-state index is 14.1. The lowest BCUT2D eigenvalue weighted by Gasteiger charge is -2.38. The smallest absolute Gasteiger partial charge is 0.403 e. The van der Waals surface area contributed by atoms with Gasteiger partial charge in [0, 0.05) is 25.6 Å². The Kier molecular flexibility index (Phi) is 8.79. The van der Waals surface area contributed by atoms with Crippen LogP contribution in [0.5, 0.6) is 0 Å². The van der Waals surface area contributed by atoms with Gasteiger partial charge in [-0.1, -0.05) is 24.1 Å². The van der Waals surface area contributed by atoms with E-state index in [9.17, 15) is 18.0 Å². The molecule has 3 fully saturated rings. The molecular weight excluding hydrogens is 553 g/mol. The van der Waals surface area contributed by atoms with Gasteiger partial charge in [0.05, 0.1) is 16.1 Å². The molecule has 4 rings (SSSR count). The number of carbonyl (C=O) groups is 2. The van der Waals surface area contributed by atoms with Crippen LogP contribution >= 0.6 is 0 Å². The highest BCUT2D eigenvalue weighted by atomic mass is 32.2. The summed E-state index contributed by atoms with van der Waals surface area (Å²) in [7, 11) is -4.03. The summed E-state index contributed by atoms with van der Waals surface area (Å²) in [6, 6.07) is 6.93. The van der Waals surface area contributed by atoms with Crippen LogP contribution in [0.25, 0.3) is 0 Å². The summed E-state index contributed by atoms with van der Waals surface area (Å²) in [5.41, 5.74) is -1.91. The van der Waals surface area contributed by atoms with E-state index in [1.807, 2.05) is 67.5 Å². The molecule has 9 nitrogen and oxygen atoms in total. The number of hydrogen-bond acceptors (Lipinski definition) is 6.